The highest BCUT2D eigenvalue weighted by atomic mass is 32.1. The van der Waals surface area contributed by atoms with Gasteiger partial charge in [0, 0.05) is 30.7 Å². The monoisotopic (exact) mass is 347 g/mol. The van der Waals surface area contributed by atoms with Gasteiger partial charge in [-0.05, 0) is 35.4 Å². The van der Waals surface area contributed by atoms with Crippen LogP contribution in [0.15, 0.2) is 34.5 Å². The maximum absolute atomic E-state index is 12.3. The van der Waals surface area contributed by atoms with Crippen molar-refractivity contribution in [1.82, 2.24) is 14.9 Å². The van der Waals surface area contributed by atoms with Crippen molar-refractivity contribution in [2.45, 2.75) is 13.0 Å². The van der Waals surface area contributed by atoms with E-state index in [-0.39, 0.29) is 12.5 Å². The molecule has 23 heavy (non-hydrogen) atoms. The third-order valence-electron chi connectivity index (χ3n) is 3.54. The van der Waals surface area contributed by atoms with Gasteiger partial charge in [0.2, 0.25) is 0 Å². The van der Waals surface area contributed by atoms with Gasteiger partial charge >= 0.3 is 0 Å². The Labute approximate surface area is 142 Å². The smallest absolute Gasteiger partial charge is 0.268 e. The van der Waals surface area contributed by atoms with Crippen LogP contribution in [-0.4, -0.2) is 27.1 Å². The second kappa shape index (κ2) is 6.66. The summed E-state index contributed by atoms with van der Waals surface area (Å²) in [5.74, 6) is -0.208. The number of rotatable bonds is 5. The van der Waals surface area contributed by atoms with Gasteiger partial charge in [-0.3, -0.25) is 4.79 Å². The first-order valence-corrected chi connectivity index (χ1v) is 8.94. The van der Waals surface area contributed by atoms with Gasteiger partial charge in [0.25, 0.3) is 5.91 Å². The average molecular weight is 347 g/mol. The van der Waals surface area contributed by atoms with Crippen molar-refractivity contribution >= 4 is 28.6 Å². The summed E-state index contributed by atoms with van der Waals surface area (Å²) in [6, 6.07) is 3.67. The van der Waals surface area contributed by atoms with Gasteiger partial charge in [0.15, 0.2) is 0 Å². The zero-order valence-electron chi connectivity index (χ0n) is 12.8. The molecule has 2 N–H and O–H groups in total. The van der Waals surface area contributed by atoms with E-state index in [0.29, 0.717) is 5.69 Å². The SMILES string of the molecule is Cc1nc(-c2cc(C(=O)NCC(O)c3ccsc3)n(C)c2)cs1. The number of hydrogen-bond acceptors (Lipinski definition) is 5. The maximum atomic E-state index is 12.3. The Bertz CT molecular complexity index is 805. The Morgan fingerprint density at radius 1 is 1.48 bits per heavy atom. The number of thiazole rings is 1. The second-order valence-electron chi connectivity index (χ2n) is 5.26. The molecular weight excluding hydrogens is 330 g/mol. The van der Waals surface area contributed by atoms with Crippen LogP contribution in [-0.2, 0) is 7.05 Å². The molecule has 3 aromatic rings. The standard InChI is InChI=1S/C16H17N3O2S2/c1-10-18-13(9-23-10)12-5-14(19(2)7-12)16(21)17-6-15(20)11-3-4-22-8-11/h3-5,7-9,15,20H,6H2,1-2H3,(H,17,21). The number of aryl methyl sites for hydroxylation is 2. The number of nitrogens with one attached hydrogen (secondary N) is 1. The molecule has 3 heterocycles. The van der Waals surface area contributed by atoms with Gasteiger partial charge in [0.1, 0.15) is 5.69 Å². The van der Waals surface area contributed by atoms with E-state index >= 15 is 0 Å². The predicted octanol–water partition coefficient (Wildman–Crippen LogP) is 2.98. The van der Waals surface area contributed by atoms with E-state index in [1.54, 1.807) is 15.9 Å². The normalized spacial score (nSPS) is 12.3. The zero-order valence-corrected chi connectivity index (χ0v) is 14.4. The summed E-state index contributed by atoms with van der Waals surface area (Å²) >= 11 is 3.10. The van der Waals surface area contributed by atoms with E-state index in [9.17, 15) is 9.90 Å². The van der Waals surface area contributed by atoms with Gasteiger partial charge < -0.3 is 15.0 Å². The lowest BCUT2D eigenvalue weighted by Gasteiger charge is -2.10. The lowest BCUT2D eigenvalue weighted by atomic mass is 10.2. The number of nitrogens with zero attached hydrogens (tertiary/aromatic N) is 2. The van der Waals surface area contributed by atoms with Crippen molar-refractivity contribution in [2.75, 3.05) is 6.54 Å². The maximum Gasteiger partial charge on any atom is 0.268 e. The van der Waals surface area contributed by atoms with Crippen LogP contribution in [0.2, 0.25) is 0 Å². The van der Waals surface area contributed by atoms with Crippen molar-refractivity contribution in [2.24, 2.45) is 7.05 Å². The van der Waals surface area contributed by atoms with E-state index in [1.165, 1.54) is 11.3 Å². The molecule has 0 aliphatic rings. The van der Waals surface area contributed by atoms with Gasteiger partial charge in [-0.15, -0.1) is 11.3 Å². The van der Waals surface area contributed by atoms with Crippen LogP contribution in [0.1, 0.15) is 27.2 Å². The van der Waals surface area contributed by atoms with Gasteiger partial charge in [-0.1, -0.05) is 0 Å². The number of aromatic nitrogens is 2. The molecule has 0 aromatic carbocycles. The van der Waals surface area contributed by atoms with E-state index in [4.69, 9.17) is 0 Å². The van der Waals surface area contributed by atoms with E-state index in [1.807, 2.05) is 48.4 Å². The van der Waals surface area contributed by atoms with Gasteiger partial charge in [-0.2, -0.15) is 11.3 Å². The summed E-state index contributed by atoms with van der Waals surface area (Å²) in [5.41, 5.74) is 3.16. The number of carbonyl (C=O) groups is 1. The fourth-order valence-electron chi connectivity index (χ4n) is 2.29. The van der Waals surface area contributed by atoms with Crippen LogP contribution in [0.3, 0.4) is 0 Å². The summed E-state index contributed by atoms with van der Waals surface area (Å²) in [7, 11) is 1.83. The third-order valence-corrected chi connectivity index (χ3v) is 5.01. The molecule has 1 atom stereocenters. The zero-order chi connectivity index (χ0) is 16.4. The van der Waals surface area contributed by atoms with Crippen molar-refractivity contribution in [3.8, 4) is 11.3 Å². The number of carbonyl (C=O) groups excluding carboxylic acids is 1. The molecule has 120 valence electrons. The number of thiophene rings is 1. The quantitative estimate of drug-likeness (QED) is 0.746. The molecule has 0 aliphatic carbocycles. The summed E-state index contributed by atoms with van der Waals surface area (Å²) in [4.78, 5) is 16.8. The summed E-state index contributed by atoms with van der Waals surface area (Å²) in [6.45, 7) is 2.14. The van der Waals surface area contributed by atoms with E-state index in [2.05, 4.69) is 10.3 Å². The van der Waals surface area contributed by atoms with Crippen LogP contribution in [0.25, 0.3) is 11.3 Å². The summed E-state index contributed by atoms with van der Waals surface area (Å²) in [5, 5.41) is 19.6. The van der Waals surface area contributed by atoms with Crippen molar-refractivity contribution in [1.29, 1.82) is 0 Å². The molecule has 0 bridgehead atoms. The number of aliphatic hydroxyl groups excluding tert-OH is 1. The van der Waals surface area contributed by atoms with Crippen LogP contribution in [0.5, 0.6) is 0 Å². The largest absolute Gasteiger partial charge is 0.387 e. The molecule has 0 fully saturated rings. The first-order valence-electron chi connectivity index (χ1n) is 7.12. The van der Waals surface area contributed by atoms with E-state index < -0.39 is 6.10 Å². The van der Waals surface area contributed by atoms with Crippen LogP contribution in [0, 0.1) is 6.92 Å². The predicted molar refractivity (Wildman–Crippen MR) is 92.9 cm³/mol. The Morgan fingerprint density at radius 3 is 2.96 bits per heavy atom. The molecule has 0 saturated heterocycles. The Kier molecular flexibility index (Phi) is 4.61. The minimum atomic E-state index is -0.689. The highest BCUT2D eigenvalue weighted by molar-refractivity contribution is 7.09. The highest BCUT2D eigenvalue weighted by Gasteiger charge is 2.16. The van der Waals surface area contributed by atoms with Gasteiger partial charge in [-0.25, -0.2) is 4.98 Å². The molecule has 7 heteroatoms. The van der Waals surface area contributed by atoms with Crippen molar-refractivity contribution in [3.05, 3.63) is 50.7 Å². The van der Waals surface area contributed by atoms with Crippen LogP contribution in [0.4, 0.5) is 0 Å². The minimum Gasteiger partial charge on any atom is -0.387 e. The molecule has 3 aromatic heterocycles. The molecule has 5 nitrogen and oxygen atoms in total. The molecule has 1 unspecified atom stereocenters. The first-order chi connectivity index (χ1) is 11.0. The Hall–Kier alpha value is -1.96. The second-order valence-corrected chi connectivity index (χ2v) is 7.10. The Morgan fingerprint density at radius 2 is 2.30 bits per heavy atom. The fourth-order valence-corrected chi connectivity index (χ4v) is 3.62. The highest BCUT2D eigenvalue weighted by Crippen LogP contribution is 2.23. The fraction of sp³-hybridized carbons (Fsp3) is 0.250. The minimum absolute atomic E-state index is 0.186. The van der Waals surface area contributed by atoms with Gasteiger partial charge in [0.05, 0.1) is 16.8 Å². The topological polar surface area (TPSA) is 67.2 Å². The van der Waals surface area contributed by atoms with Crippen molar-refractivity contribution in [3.63, 3.8) is 0 Å². The van der Waals surface area contributed by atoms with E-state index in [0.717, 1.165) is 21.8 Å². The van der Waals surface area contributed by atoms with Crippen LogP contribution < -0.4 is 5.32 Å². The lowest BCUT2D eigenvalue weighted by Crippen LogP contribution is -2.29. The lowest BCUT2D eigenvalue weighted by molar-refractivity contribution is 0.0908. The molecule has 0 spiro atoms. The molecule has 0 radical (unpaired) electrons. The molecule has 1 amide bonds. The summed E-state index contributed by atoms with van der Waals surface area (Å²) < 4.78 is 1.77. The number of aliphatic hydroxyl groups is 1. The summed E-state index contributed by atoms with van der Waals surface area (Å²) in [6.07, 6.45) is 1.20. The van der Waals surface area contributed by atoms with Crippen LogP contribution >= 0.6 is 22.7 Å². The molecule has 0 saturated carbocycles. The molecule has 3 rings (SSSR count). The number of hydrogen-bond donors (Lipinski definition) is 2. The molecule has 0 aliphatic heterocycles. The first kappa shape index (κ1) is 15.9. The van der Waals surface area contributed by atoms with Crippen molar-refractivity contribution < 1.29 is 9.90 Å². The molecular formula is C16H17N3O2S2. The third kappa shape index (κ3) is 3.52. The average Bonchev–Trinajstić information content (AvgIpc) is 3.24. The Balaban J connectivity index is 1.69. The number of amides is 1.